The third-order valence-electron chi connectivity index (χ3n) is 5.17. The number of carbonyl (C=O) groups excluding carboxylic acids is 2. The maximum Gasteiger partial charge on any atom is 0.194 e. The third kappa shape index (κ3) is 6.31. The Morgan fingerprint density at radius 2 is 1.00 bits per heavy atom. The normalized spacial score (nSPS) is 13.1. The molecule has 6 heteroatoms. The lowest BCUT2D eigenvalue weighted by molar-refractivity contribution is -0.000886. The average Bonchev–Trinajstić information content (AvgIpc) is 2.77. The van der Waals surface area contributed by atoms with Crippen molar-refractivity contribution in [1.29, 1.82) is 0 Å². The molecule has 2 unspecified atom stereocenters. The third-order valence-corrected chi connectivity index (χ3v) is 5.17. The van der Waals surface area contributed by atoms with Crippen molar-refractivity contribution in [1.82, 2.24) is 0 Å². The van der Waals surface area contributed by atoms with E-state index in [2.05, 4.69) is 0 Å². The van der Waals surface area contributed by atoms with Gasteiger partial charge < -0.3 is 19.7 Å². The van der Waals surface area contributed by atoms with E-state index in [0.29, 0.717) is 33.8 Å². The van der Waals surface area contributed by atoms with Crippen molar-refractivity contribution >= 4 is 11.6 Å². The van der Waals surface area contributed by atoms with Crippen LogP contribution in [0.1, 0.15) is 72.0 Å². The smallest absolute Gasteiger partial charge is 0.194 e. The highest BCUT2D eigenvalue weighted by Crippen LogP contribution is 2.28. The van der Waals surface area contributed by atoms with E-state index in [1.807, 2.05) is 32.9 Å². The van der Waals surface area contributed by atoms with Crippen LogP contribution in [0.25, 0.3) is 0 Å². The fourth-order valence-corrected chi connectivity index (χ4v) is 3.42. The number of aliphatic hydroxyl groups excluding tert-OH is 2. The molecular formula is C28H30O6. The number of ether oxygens (including phenoxy) is 2. The number of benzene rings is 3. The van der Waals surface area contributed by atoms with Gasteiger partial charge in [0.2, 0.25) is 0 Å². The largest absolute Gasteiger partial charge is 0.465 e. The molecule has 34 heavy (non-hydrogen) atoms. The average molecular weight is 463 g/mol. The molecule has 0 fully saturated rings. The Kier molecular flexibility index (Phi) is 7.54. The van der Waals surface area contributed by atoms with Gasteiger partial charge in [-0.2, -0.15) is 0 Å². The summed E-state index contributed by atoms with van der Waals surface area (Å²) in [4.78, 5) is 26.6. The van der Waals surface area contributed by atoms with Gasteiger partial charge in [-0.05, 0) is 91.6 Å². The van der Waals surface area contributed by atoms with Crippen LogP contribution in [-0.2, 0) is 5.41 Å². The molecular weight excluding hydrogens is 432 g/mol. The van der Waals surface area contributed by atoms with Gasteiger partial charge in [0.25, 0.3) is 0 Å². The molecule has 3 aromatic carbocycles. The van der Waals surface area contributed by atoms with E-state index in [1.165, 1.54) is 13.8 Å². The molecule has 0 saturated heterocycles. The Morgan fingerprint density at radius 3 is 1.29 bits per heavy atom. The Morgan fingerprint density at radius 1 is 0.647 bits per heavy atom. The Labute approximate surface area is 199 Å². The standard InChI is InChI=1S/C28H30O6/c1-17(29)33-24-10-6-19(7-11-24)26(31)21-14-22(16-23(15-21)28(3,4)5)27(32)20-8-12-25(13-9-20)34-18(2)30/h6-18,29-30H,1-5H3. The highest BCUT2D eigenvalue weighted by atomic mass is 16.6. The number of ketones is 2. The second-order valence-electron chi connectivity index (χ2n) is 9.19. The van der Waals surface area contributed by atoms with Gasteiger partial charge in [0.05, 0.1) is 0 Å². The predicted octanol–water partition coefficient (Wildman–Crippen LogP) is 4.88. The SMILES string of the molecule is CC(O)Oc1ccc(C(=O)c2cc(C(=O)c3ccc(OC(C)O)cc3)cc(C(C)(C)C)c2)cc1. The van der Waals surface area contributed by atoms with Crippen molar-refractivity contribution in [2.24, 2.45) is 0 Å². The maximum absolute atomic E-state index is 13.3. The van der Waals surface area contributed by atoms with Crippen LogP contribution in [0.2, 0.25) is 0 Å². The van der Waals surface area contributed by atoms with Crippen LogP contribution in [0, 0.1) is 0 Å². The minimum atomic E-state index is -0.953. The fourth-order valence-electron chi connectivity index (χ4n) is 3.42. The molecule has 0 spiro atoms. The minimum absolute atomic E-state index is 0.218. The molecule has 0 aromatic heterocycles. The van der Waals surface area contributed by atoms with Crippen LogP contribution in [-0.4, -0.2) is 34.4 Å². The lowest BCUT2D eigenvalue weighted by atomic mass is 9.83. The van der Waals surface area contributed by atoms with Crippen LogP contribution < -0.4 is 9.47 Å². The zero-order valence-electron chi connectivity index (χ0n) is 20.0. The molecule has 0 aliphatic carbocycles. The topological polar surface area (TPSA) is 93.1 Å². The number of carbonyl (C=O) groups is 2. The molecule has 0 bridgehead atoms. The van der Waals surface area contributed by atoms with E-state index in [1.54, 1.807) is 54.6 Å². The van der Waals surface area contributed by atoms with Crippen LogP contribution in [0.3, 0.4) is 0 Å². The number of aliphatic hydroxyl groups is 2. The zero-order valence-corrected chi connectivity index (χ0v) is 20.0. The first-order valence-corrected chi connectivity index (χ1v) is 11.1. The second-order valence-corrected chi connectivity index (χ2v) is 9.19. The molecule has 3 rings (SSSR count). The molecule has 0 saturated carbocycles. The first-order valence-electron chi connectivity index (χ1n) is 11.1. The van der Waals surface area contributed by atoms with Crippen molar-refractivity contribution in [3.05, 3.63) is 94.5 Å². The van der Waals surface area contributed by atoms with Crippen LogP contribution in [0.15, 0.2) is 66.7 Å². The molecule has 2 atom stereocenters. The Hall–Kier alpha value is -3.48. The Balaban J connectivity index is 1.96. The summed E-state index contributed by atoms with van der Waals surface area (Å²) in [5.41, 5.74) is 2.30. The molecule has 2 N–H and O–H groups in total. The summed E-state index contributed by atoms with van der Waals surface area (Å²) in [6.45, 7) is 9.08. The second kappa shape index (κ2) is 10.2. The van der Waals surface area contributed by atoms with Gasteiger partial charge in [0.15, 0.2) is 24.1 Å². The lowest BCUT2D eigenvalue weighted by Crippen LogP contribution is -2.15. The van der Waals surface area contributed by atoms with Gasteiger partial charge in [-0.1, -0.05) is 20.8 Å². The van der Waals surface area contributed by atoms with E-state index in [9.17, 15) is 19.8 Å². The monoisotopic (exact) mass is 462 g/mol. The summed E-state index contributed by atoms with van der Waals surface area (Å²) in [7, 11) is 0. The van der Waals surface area contributed by atoms with Crippen molar-refractivity contribution in [2.75, 3.05) is 0 Å². The van der Waals surface area contributed by atoms with Crippen LogP contribution in [0.5, 0.6) is 11.5 Å². The van der Waals surface area contributed by atoms with Gasteiger partial charge in [-0.3, -0.25) is 9.59 Å². The number of hydrogen-bond donors (Lipinski definition) is 2. The van der Waals surface area contributed by atoms with Crippen LogP contribution in [0.4, 0.5) is 0 Å². The Bertz CT molecular complexity index is 1070. The molecule has 0 aliphatic rings. The fraction of sp³-hybridized carbons (Fsp3) is 0.286. The lowest BCUT2D eigenvalue weighted by Gasteiger charge is -2.21. The van der Waals surface area contributed by atoms with Crippen molar-refractivity contribution in [3.8, 4) is 11.5 Å². The van der Waals surface area contributed by atoms with E-state index >= 15 is 0 Å². The molecule has 178 valence electrons. The number of rotatable bonds is 8. The van der Waals surface area contributed by atoms with Gasteiger partial charge >= 0.3 is 0 Å². The first kappa shape index (κ1) is 25.1. The maximum atomic E-state index is 13.3. The molecule has 6 nitrogen and oxygen atoms in total. The minimum Gasteiger partial charge on any atom is -0.465 e. The highest BCUT2D eigenvalue weighted by Gasteiger charge is 2.21. The summed E-state index contributed by atoms with van der Waals surface area (Å²) in [6, 6.07) is 18.3. The molecule has 0 amide bonds. The molecule has 3 aromatic rings. The summed E-state index contributed by atoms with van der Waals surface area (Å²) in [5, 5.41) is 18.7. The van der Waals surface area contributed by atoms with Gasteiger partial charge in [-0.15, -0.1) is 0 Å². The van der Waals surface area contributed by atoms with Crippen molar-refractivity contribution in [3.63, 3.8) is 0 Å². The van der Waals surface area contributed by atoms with E-state index in [-0.39, 0.29) is 17.0 Å². The molecule has 0 heterocycles. The summed E-state index contributed by atoms with van der Waals surface area (Å²) < 4.78 is 10.4. The van der Waals surface area contributed by atoms with Crippen molar-refractivity contribution in [2.45, 2.75) is 52.6 Å². The zero-order chi connectivity index (χ0) is 25.0. The predicted molar refractivity (Wildman–Crippen MR) is 130 cm³/mol. The molecule has 0 aliphatic heterocycles. The molecule has 0 radical (unpaired) electrons. The summed E-state index contributed by atoms with van der Waals surface area (Å²) >= 11 is 0. The van der Waals surface area contributed by atoms with Crippen molar-refractivity contribution < 1.29 is 29.3 Å². The van der Waals surface area contributed by atoms with E-state index in [0.717, 1.165) is 5.56 Å². The number of hydrogen-bond acceptors (Lipinski definition) is 6. The first-order chi connectivity index (χ1) is 15.9. The van der Waals surface area contributed by atoms with E-state index < -0.39 is 12.6 Å². The van der Waals surface area contributed by atoms with Gasteiger partial charge in [0.1, 0.15) is 11.5 Å². The highest BCUT2D eigenvalue weighted by molar-refractivity contribution is 6.13. The quantitative estimate of drug-likeness (QED) is 0.366. The van der Waals surface area contributed by atoms with Gasteiger partial charge in [0, 0.05) is 22.3 Å². The van der Waals surface area contributed by atoms with E-state index in [4.69, 9.17) is 9.47 Å². The van der Waals surface area contributed by atoms with Gasteiger partial charge in [-0.25, -0.2) is 0 Å². The van der Waals surface area contributed by atoms with Crippen LogP contribution >= 0.6 is 0 Å². The summed E-state index contributed by atoms with van der Waals surface area (Å²) in [6.07, 6.45) is -1.91. The summed E-state index contributed by atoms with van der Waals surface area (Å²) in [5.74, 6) is 0.469.